The molecule has 0 aliphatic carbocycles. The topological polar surface area (TPSA) is 26.3 Å². The lowest BCUT2D eigenvalue weighted by atomic mass is 10.2. The van der Waals surface area contributed by atoms with Gasteiger partial charge in [0.1, 0.15) is 5.75 Å². The smallest absolute Gasteiger partial charge is 0.178 e. The Morgan fingerprint density at radius 3 is 2.75 bits per heavy atom. The summed E-state index contributed by atoms with van der Waals surface area (Å²) < 4.78 is 6.08. The second-order valence-electron chi connectivity index (χ2n) is 3.18. The van der Waals surface area contributed by atoms with Gasteiger partial charge in [-0.05, 0) is 22.0 Å². The predicted octanol–water partition coefficient (Wildman–Crippen LogP) is 4.01. The van der Waals surface area contributed by atoms with Crippen molar-refractivity contribution in [2.45, 2.75) is 6.42 Å². The van der Waals surface area contributed by atoms with Gasteiger partial charge in [0.25, 0.3) is 0 Å². The summed E-state index contributed by atoms with van der Waals surface area (Å²) in [5, 5.41) is 3.83. The first-order chi connectivity index (χ1) is 7.69. The fourth-order valence-electron chi connectivity index (χ4n) is 1.26. The lowest BCUT2D eigenvalue weighted by Crippen LogP contribution is -1.99. The highest BCUT2D eigenvalue weighted by molar-refractivity contribution is 9.10. The summed E-state index contributed by atoms with van der Waals surface area (Å²) in [6.45, 7) is 0. The van der Waals surface area contributed by atoms with Crippen molar-refractivity contribution in [2.75, 3.05) is 7.11 Å². The Balaban J connectivity index is 2.08. The van der Waals surface area contributed by atoms with Crippen molar-refractivity contribution in [3.8, 4) is 5.75 Å². The summed E-state index contributed by atoms with van der Waals surface area (Å²) in [7, 11) is 1.60. The van der Waals surface area contributed by atoms with Crippen LogP contribution in [0.4, 0.5) is 0 Å². The van der Waals surface area contributed by atoms with Gasteiger partial charge in [0.2, 0.25) is 0 Å². The molecule has 0 saturated heterocycles. The van der Waals surface area contributed by atoms with Gasteiger partial charge in [-0.2, -0.15) is 0 Å². The molecule has 0 N–H and O–H groups in total. The maximum Gasteiger partial charge on any atom is 0.178 e. The van der Waals surface area contributed by atoms with E-state index in [-0.39, 0.29) is 5.78 Å². The summed E-state index contributed by atoms with van der Waals surface area (Å²) in [4.78, 5) is 13.7. The summed E-state index contributed by atoms with van der Waals surface area (Å²) in [6, 6.07) is 3.77. The zero-order valence-corrected chi connectivity index (χ0v) is 11.7. The van der Waals surface area contributed by atoms with Gasteiger partial charge in [-0.15, -0.1) is 22.7 Å². The van der Waals surface area contributed by atoms with Gasteiger partial charge in [-0.1, -0.05) is 0 Å². The normalized spacial score (nSPS) is 10.4. The Hall–Kier alpha value is -0.650. The molecule has 84 valence electrons. The molecule has 0 fully saturated rings. The maximum atomic E-state index is 11.9. The molecule has 0 saturated carbocycles. The SMILES string of the molecule is COc1csc(C(=O)Cc2cc(Br)cs2)c1. The predicted molar refractivity (Wildman–Crippen MR) is 70.9 cm³/mol. The first-order valence-electron chi connectivity index (χ1n) is 4.57. The standard InChI is InChI=1S/C11H9BrO2S2/c1-14-8-3-11(16-6-8)10(13)4-9-2-7(12)5-15-9/h2-3,5-6H,4H2,1H3. The Morgan fingerprint density at radius 2 is 2.19 bits per heavy atom. The molecular formula is C11H9BrO2S2. The van der Waals surface area contributed by atoms with E-state index < -0.39 is 0 Å². The van der Waals surface area contributed by atoms with Crippen LogP contribution in [0.25, 0.3) is 0 Å². The number of ketones is 1. The third kappa shape index (κ3) is 2.72. The fraction of sp³-hybridized carbons (Fsp3) is 0.182. The third-order valence-electron chi connectivity index (χ3n) is 2.04. The molecule has 0 atom stereocenters. The molecule has 2 aromatic heterocycles. The Morgan fingerprint density at radius 1 is 1.38 bits per heavy atom. The highest BCUT2D eigenvalue weighted by Gasteiger charge is 2.11. The van der Waals surface area contributed by atoms with Gasteiger partial charge in [-0.25, -0.2) is 0 Å². The van der Waals surface area contributed by atoms with E-state index in [1.54, 1.807) is 24.5 Å². The lowest BCUT2D eigenvalue weighted by Gasteiger charge is -1.94. The van der Waals surface area contributed by atoms with Gasteiger partial charge in [-0.3, -0.25) is 4.79 Å². The molecule has 2 rings (SSSR count). The number of hydrogen-bond acceptors (Lipinski definition) is 4. The number of methoxy groups -OCH3 is 1. The van der Waals surface area contributed by atoms with E-state index in [0.717, 1.165) is 20.0 Å². The van der Waals surface area contributed by atoms with Crippen molar-refractivity contribution < 1.29 is 9.53 Å². The molecule has 16 heavy (non-hydrogen) atoms. The Bertz CT molecular complexity index is 502. The minimum absolute atomic E-state index is 0.141. The number of halogens is 1. The van der Waals surface area contributed by atoms with E-state index >= 15 is 0 Å². The molecule has 2 heterocycles. The van der Waals surface area contributed by atoms with E-state index in [4.69, 9.17) is 4.74 Å². The number of Topliss-reactive ketones (excluding diaryl/α,β-unsaturated/α-hetero) is 1. The first kappa shape index (κ1) is 11.8. The maximum absolute atomic E-state index is 11.9. The largest absolute Gasteiger partial charge is 0.496 e. The zero-order chi connectivity index (χ0) is 11.5. The summed E-state index contributed by atoms with van der Waals surface area (Å²) in [6.07, 6.45) is 0.458. The van der Waals surface area contributed by atoms with Crippen molar-refractivity contribution in [3.05, 3.63) is 37.1 Å². The molecule has 2 nitrogen and oxygen atoms in total. The second-order valence-corrected chi connectivity index (χ2v) is 6.00. The van der Waals surface area contributed by atoms with Gasteiger partial charge in [0.15, 0.2) is 5.78 Å². The van der Waals surface area contributed by atoms with Crippen LogP contribution in [0, 0.1) is 0 Å². The lowest BCUT2D eigenvalue weighted by molar-refractivity contribution is 0.0997. The van der Waals surface area contributed by atoms with E-state index in [1.807, 2.05) is 16.8 Å². The van der Waals surface area contributed by atoms with Crippen molar-refractivity contribution >= 4 is 44.4 Å². The highest BCUT2D eigenvalue weighted by Crippen LogP contribution is 2.25. The second kappa shape index (κ2) is 5.12. The van der Waals surface area contributed by atoms with Crippen LogP contribution < -0.4 is 4.74 Å². The van der Waals surface area contributed by atoms with Crippen LogP contribution in [0.3, 0.4) is 0 Å². The molecule has 0 radical (unpaired) electrons. The molecule has 2 aromatic rings. The van der Waals surface area contributed by atoms with Gasteiger partial charge in [0.05, 0.1) is 12.0 Å². The number of carbonyl (C=O) groups is 1. The van der Waals surface area contributed by atoms with E-state index in [0.29, 0.717) is 6.42 Å². The highest BCUT2D eigenvalue weighted by atomic mass is 79.9. The minimum atomic E-state index is 0.141. The fourth-order valence-corrected chi connectivity index (χ4v) is 3.51. The van der Waals surface area contributed by atoms with Crippen molar-refractivity contribution in [1.29, 1.82) is 0 Å². The summed E-state index contributed by atoms with van der Waals surface area (Å²) in [5.41, 5.74) is 0. The molecule has 0 aliphatic heterocycles. The van der Waals surface area contributed by atoms with Crippen molar-refractivity contribution in [2.24, 2.45) is 0 Å². The monoisotopic (exact) mass is 316 g/mol. The Labute approximate surface area is 110 Å². The molecular weight excluding hydrogens is 308 g/mol. The molecule has 0 unspecified atom stereocenters. The van der Waals surface area contributed by atoms with E-state index in [1.165, 1.54) is 11.3 Å². The van der Waals surface area contributed by atoms with Crippen LogP contribution in [0.15, 0.2) is 27.4 Å². The molecule has 0 aliphatic rings. The van der Waals surface area contributed by atoms with Crippen LogP contribution in [0.1, 0.15) is 14.5 Å². The number of hydrogen-bond donors (Lipinski definition) is 0. The van der Waals surface area contributed by atoms with Crippen molar-refractivity contribution in [1.82, 2.24) is 0 Å². The molecule has 0 amide bonds. The number of thiophene rings is 2. The Kier molecular flexibility index (Phi) is 3.78. The molecule has 0 spiro atoms. The molecule has 5 heteroatoms. The average Bonchev–Trinajstić information content (AvgIpc) is 2.87. The van der Waals surface area contributed by atoms with Crippen molar-refractivity contribution in [3.63, 3.8) is 0 Å². The zero-order valence-electron chi connectivity index (χ0n) is 8.53. The van der Waals surface area contributed by atoms with Crippen LogP contribution >= 0.6 is 38.6 Å². The van der Waals surface area contributed by atoms with E-state index in [2.05, 4.69) is 15.9 Å². The van der Waals surface area contributed by atoms with Crippen LogP contribution in [0.2, 0.25) is 0 Å². The summed E-state index contributed by atoms with van der Waals surface area (Å²) >= 11 is 6.39. The third-order valence-corrected chi connectivity index (χ3v) is 4.69. The first-order valence-corrected chi connectivity index (χ1v) is 7.13. The number of carbonyl (C=O) groups excluding carboxylic acids is 1. The molecule has 0 aromatic carbocycles. The number of rotatable bonds is 4. The van der Waals surface area contributed by atoms with E-state index in [9.17, 15) is 4.79 Å². The van der Waals surface area contributed by atoms with Crippen LogP contribution in [-0.2, 0) is 6.42 Å². The van der Waals surface area contributed by atoms with Crippen LogP contribution in [0.5, 0.6) is 5.75 Å². The summed E-state index contributed by atoms with van der Waals surface area (Å²) in [5.74, 6) is 0.892. The van der Waals surface area contributed by atoms with Gasteiger partial charge >= 0.3 is 0 Å². The van der Waals surface area contributed by atoms with Gasteiger partial charge in [0, 0.05) is 32.6 Å². The minimum Gasteiger partial charge on any atom is -0.496 e. The average molecular weight is 317 g/mol. The van der Waals surface area contributed by atoms with Crippen LogP contribution in [-0.4, -0.2) is 12.9 Å². The van der Waals surface area contributed by atoms with Gasteiger partial charge < -0.3 is 4.74 Å². The molecule has 0 bridgehead atoms. The quantitative estimate of drug-likeness (QED) is 0.797. The number of ether oxygens (including phenoxy) is 1.